The minimum Gasteiger partial charge on any atom is -0.370 e. The number of nitrogens with zero attached hydrogens (tertiary/aromatic N) is 3. The highest BCUT2D eigenvalue weighted by molar-refractivity contribution is 5.85. The standard InChI is InChI=1S/C20H29N3O3/c1-2-6-18-14-22(19(24)15-23-11-12-26-16-20(23)25)10-9-21(18)13-17-7-4-3-5-8-17/h3-5,7-8,18H,2,6,9-16H2,1H3. The van der Waals surface area contributed by atoms with Crippen LogP contribution in [0.4, 0.5) is 0 Å². The lowest BCUT2D eigenvalue weighted by Gasteiger charge is -2.42. The van der Waals surface area contributed by atoms with Crippen molar-refractivity contribution in [2.24, 2.45) is 0 Å². The minimum absolute atomic E-state index is 0.0562. The van der Waals surface area contributed by atoms with Crippen molar-refractivity contribution in [3.8, 4) is 0 Å². The van der Waals surface area contributed by atoms with E-state index in [0.717, 1.165) is 39.0 Å². The van der Waals surface area contributed by atoms with Crippen molar-refractivity contribution < 1.29 is 14.3 Å². The Hall–Kier alpha value is -1.92. The van der Waals surface area contributed by atoms with Crippen molar-refractivity contribution >= 4 is 11.8 Å². The zero-order chi connectivity index (χ0) is 18.4. The highest BCUT2D eigenvalue weighted by Crippen LogP contribution is 2.18. The van der Waals surface area contributed by atoms with Crippen LogP contribution in [0.15, 0.2) is 30.3 Å². The van der Waals surface area contributed by atoms with Gasteiger partial charge in [0.1, 0.15) is 6.61 Å². The lowest BCUT2D eigenvalue weighted by Crippen LogP contribution is -2.56. The van der Waals surface area contributed by atoms with Crippen molar-refractivity contribution in [2.45, 2.75) is 32.4 Å². The van der Waals surface area contributed by atoms with Gasteiger partial charge in [-0.3, -0.25) is 14.5 Å². The average Bonchev–Trinajstić information content (AvgIpc) is 2.66. The van der Waals surface area contributed by atoms with E-state index < -0.39 is 0 Å². The SMILES string of the molecule is CCCC1CN(C(=O)CN2CCOCC2=O)CCN1Cc1ccccc1. The van der Waals surface area contributed by atoms with Gasteiger partial charge in [-0.1, -0.05) is 43.7 Å². The van der Waals surface area contributed by atoms with E-state index >= 15 is 0 Å². The van der Waals surface area contributed by atoms with Crippen LogP contribution in [0.5, 0.6) is 0 Å². The van der Waals surface area contributed by atoms with Gasteiger partial charge in [0.25, 0.3) is 0 Å². The van der Waals surface area contributed by atoms with Crippen molar-refractivity contribution in [3.05, 3.63) is 35.9 Å². The Labute approximate surface area is 155 Å². The number of amides is 2. The molecule has 1 aromatic carbocycles. The molecule has 0 radical (unpaired) electrons. The maximum atomic E-state index is 12.7. The minimum atomic E-state index is -0.0857. The smallest absolute Gasteiger partial charge is 0.249 e. The van der Waals surface area contributed by atoms with E-state index in [1.807, 2.05) is 11.0 Å². The Balaban J connectivity index is 1.57. The predicted molar refractivity (Wildman–Crippen MR) is 99.5 cm³/mol. The van der Waals surface area contributed by atoms with E-state index in [1.54, 1.807) is 4.90 Å². The molecule has 0 saturated carbocycles. The summed E-state index contributed by atoms with van der Waals surface area (Å²) >= 11 is 0. The molecule has 2 fully saturated rings. The van der Waals surface area contributed by atoms with Gasteiger partial charge in [-0.15, -0.1) is 0 Å². The van der Waals surface area contributed by atoms with Gasteiger partial charge in [0.2, 0.25) is 11.8 Å². The van der Waals surface area contributed by atoms with E-state index in [-0.39, 0.29) is 25.0 Å². The fraction of sp³-hybridized carbons (Fsp3) is 0.600. The van der Waals surface area contributed by atoms with Crippen molar-refractivity contribution in [1.82, 2.24) is 14.7 Å². The molecule has 0 bridgehead atoms. The maximum Gasteiger partial charge on any atom is 0.249 e. The predicted octanol–water partition coefficient (Wildman–Crippen LogP) is 1.36. The van der Waals surface area contributed by atoms with E-state index in [9.17, 15) is 9.59 Å². The van der Waals surface area contributed by atoms with Crippen molar-refractivity contribution in [3.63, 3.8) is 0 Å². The molecule has 1 unspecified atom stereocenters. The summed E-state index contributed by atoms with van der Waals surface area (Å²) in [6, 6.07) is 10.9. The summed E-state index contributed by atoms with van der Waals surface area (Å²) < 4.78 is 5.14. The first-order valence-electron chi connectivity index (χ1n) is 9.58. The zero-order valence-corrected chi connectivity index (χ0v) is 15.6. The largest absolute Gasteiger partial charge is 0.370 e. The summed E-state index contributed by atoms with van der Waals surface area (Å²) in [6.45, 7) is 6.77. The van der Waals surface area contributed by atoms with Crippen LogP contribution in [-0.4, -0.2) is 78.5 Å². The van der Waals surface area contributed by atoms with E-state index in [1.165, 1.54) is 5.56 Å². The molecule has 3 rings (SSSR count). The average molecular weight is 359 g/mol. The summed E-state index contributed by atoms with van der Waals surface area (Å²) in [5.74, 6) is -0.0295. The van der Waals surface area contributed by atoms with Crippen LogP contribution < -0.4 is 0 Å². The molecular formula is C20H29N3O3. The molecule has 0 N–H and O–H groups in total. The molecule has 0 aliphatic carbocycles. The van der Waals surface area contributed by atoms with Crippen LogP contribution >= 0.6 is 0 Å². The van der Waals surface area contributed by atoms with Crippen molar-refractivity contribution in [1.29, 1.82) is 0 Å². The van der Waals surface area contributed by atoms with E-state index in [0.29, 0.717) is 19.2 Å². The van der Waals surface area contributed by atoms with Gasteiger partial charge in [0.05, 0.1) is 13.2 Å². The molecule has 2 aliphatic rings. The molecule has 2 saturated heterocycles. The summed E-state index contributed by atoms with van der Waals surface area (Å²) in [4.78, 5) is 30.6. The maximum absolute atomic E-state index is 12.7. The number of rotatable bonds is 6. The summed E-state index contributed by atoms with van der Waals surface area (Å²) in [7, 11) is 0. The van der Waals surface area contributed by atoms with Gasteiger partial charge in [-0.05, 0) is 12.0 Å². The van der Waals surface area contributed by atoms with Gasteiger partial charge >= 0.3 is 0 Å². The highest BCUT2D eigenvalue weighted by atomic mass is 16.5. The van der Waals surface area contributed by atoms with Crippen LogP contribution in [0.2, 0.25) is 0 Å². The molecule has 0 spiro atoms. The molecule has 2 aliphatic heterocycles. The first-order chi connectivity index (χ1) is 12.7. The lowest BCUT2D eigenvalue weighted by molar-refractivity contribution is -0.149. The molecule has 2 heterocycles. The number of hydrogen-bond donors (Lipinski definition) is 0. The van der Waals surface area contributed by atoms with Gasteiger partial charge in [0.15, 0.2) is 0 Å². The summed E-state index contributed by atoms with van der Waals surface area (Å²) in [6.07, 6.45) is 2.17. The van der Waals surface area contributed by atoms with Crippen LogP contribution in [0.25, 0.3) is 0 Å². The van der Waals surface area contributed by atoms with Crippen LogP contribution in [0.3, 0.4) is 0 Å². The third kappa shape index (κ3) is 4.83. The van der Waals surface area contributed by atoms with Gasteiger partial charge in [-0.25, -0.2) is 0 Å². The number of hydrogen-bond acceptors (Lipinski definition) is 4. The number of ether oxygens (including phenoxy) is 1. The third-order valence-corrected chi connectivity index (χ3v) is 5.22. The number of carbonyl (C=O) groups excluding carboxylic acids is 2. The summed E-state index contributed by atoms with van der Waals surface area (Å²) in [5, 5.41) is 0. The van der Waals surface area contributed by atoms with Crippen LogP contribution in [-0.2, 0) is 20.9 Å². The zero-order valence-electron chi connectivity index (χ0n) is 15.6. The fourth-order valence-electron chi connectivity index (χ4n) is 3.73. The molecule has 1 aromatic rings. The topological polar surface area (TPSA) is 53.1 Å². The number of benzene rings is 1. The quantitative estimate of drug-likeness (QED) is 0.770. The normalized spacial score (nSPS) is 21.9. The molecule has 1 atom stereocenters. The second kappa shape index (κ2) is 9.14. The van der Waals surface area contributed by atoms with E-state index in [2.05, 4.69) is 36.1 Å². The Kier molecular flexibility index (Phi) is 6.63. The molecule has 0 aromatic heterocycles. The molecule has 6 heteroatoms. The highest BCUT2D eigenvalue weighted by Gasteiger charge is 2.30. The Bertz CT molecular complexity index is 608. The summed E-state index contributed by atoms with van der Waals surface area (Å²) in [5.41, 5.74) is 1.31. The molecular weight excluding hydrogens is 330 g/mol. The monoisotopic (exact) mass is 359 g/mol. The second-order valence-corrected chi connectivity index (χ2v) is 7.11. The third-order valence-electron chi connectivity index (χ3n) is 5.22. The van der Waals surface area contributed by atoms with E-state index in [4.69, 9.17) is 4.74 Å². The molecule has 26 heavy (non-hydrogen) atoms. The first kappa shape index (κ1) is 18.9. The molecule has 2 amide bonds. The van der Waals surface area contributed by atoms with Gasteiger partial charge < -0.3 is 14.5 Å². The van der Waals surface area contributed by atoms with Crippen LogP contribution in [0.1, 0.15) is 25.3 Å². The second-order valence-electron chi connectivity index (χ2n) is 7.11. The van der Waals surface area contributed by atoms with Gasteiger partial charge in [0, 0.05) is 38.8 Å². The lowest BCUT2D eigenvalue weighted by atomic mass is 10.0. The van der Waals surface area contributed by atoms with Gasteiger partial charge in [-0.2, -0.15) is 0 Å². The molecule has 6 nitrogen and oxygen atoms in total. The number of morpholine rings is 1. The Morgan fingerprint density at radius 1 is 1.19 bits per heavy atom. The Morgan fingerprint density at radius 2 is 2.00 bits per heavy atom. The number of piperazine rings is 1. The fourth-order valence-corrected chi connectivity index (χ4v) is 3.73. The first-order valence-corrected chi connectivity index (χ1v) is 9.58. The number of carbonyl (C=O) groups is 2. The van der Waals surface area contributed by atoms with Crippen molar-refractivity contribution in [2.75, 3.05) is 45.9 Å². The van der Waals surface area contributed by atoms with Crippen LogP contribution in [0, 0.1) is 0 Å². The molecule has 142 valence electrons. The Morgan fingerprint density at radius 3 is 2.73 bits per heavy atom.